The van der Waals surface area contributed by atoms with Gasteiger partial charge in [0, 0.05) is 16.2 Å². The van der Waals surface area contributed by atoms with Gasteiger partial charge in [0.2, 0.25) is 0 Å². The zero-order valence-corrected chi connectivity index (χ0v) is 19.7. The molecule has 0 fully saturated rings. The Hall–Kier alpha value is -2.95. The SMILES string of the molecule is COc1cc(NC(=S)NC(=O)c2cc(Br)ccc2OC)ccc1NC(=O)c1cccs1. The predicted octanol–water partition coefficient (Wildman–Crippen LogP) is 4.91. The van der Waals surface area contributed by atoms with Gasteiger partial charge in [0.05, 0.1) is 30.3 Å². The molecule has 0 aliphatic carbocycles. The zero-order valence-electron chi connectivity index (χ0n) is 16.5. The van der Waals surface area contributed by atoms with Crippen LogP contribution < -0.4 is 25.4 Å². The molecule has 0 atom stereocenters. The van der Waals surface area contributed by atoms with Crippen molar-refractivity contribution in [1.29, 1.82) is 0 Å². The average Bonchev–Trinajstić information content (AvgIpc) is 3.29. The molecular formula is C21H18BrN3O4S2. The normalized spacial score (nSPS) is 10.2. The largest absolute Gasteiger partial charge is 0.496 e. The topological polar surface area (TPSA) is 88.7 Å². The van der Waals surface area contributed by atoms with Crippen molar-refractivity contribution in [3.8, 4) is 11.5 Å². The second kappa shape index (κ2) is 10.4. The Labute approximate surface area is 196 Å². The molecule has 31 heavy (non-hydrogen) atoms. The van der Waals surface area contributed by atoms with Crippen molar-refractivity contribution >= 4 is 67.8 Å². The van der Waals surface area contributed by atoms with Gasteiger partial charge in [-0.3, -0.25) is 14.9 Å². The van der Waals surface area contributed by atoms with Gasteiger partial charge in [-0.05, 0) is 54.0 Å². The first-order valence-corrected chi connectivity index (χ1v) is 11.0. The summed E-state index contributed by atoms with van der Waals surface area (Å²) in [7, 11) is 2.99. The van der Waals surface area contributed by atoms with Crippen LogP contribution in [-0.4, -0.2) is 31.1 Å². The number of nitrogens with one attached hydrogen (secondary N) is 3. The molecule has 3 rings (SSSR count). The van der Waals surface area contributed by atoms with Gasteiger partial charge in [-0.2, -0.15) is 0 Å². The number of ether oxygens (including phenoxy) is 2. The highest BCUT2D eigenvalue weighted by atomic mass is 79.9. The van der Waals surface area contributed by atoms with E-state index in [1.54, 1.807) is 42.5 Å². The Morgan fingerprint density at radius 3 is 2.42 bits per heavy atom. The first-order valence-electron chi connectivity index (χ1n) is 8.90. The quantitative estimate of drug-likeness (QED) is 0.401. The van der Waals surface area contributed by atoms with E-state index < -0.39 is 5.91 Å². The van der Waals surface area contributed by atoms with E-state index in [0.717, 1.165) is 4.47 Å². The van der Waals surface area contributed by atoms with Crippen LogP contribution in [0, 0.1) is 0 Å². The summed E-state index contributed by atoms with van der Waals surface area (Å²) in [6.07, 6.45) is 0. The molecule has 2 aromatic carbocycles. The van der Waals surface area contributed by atoms with Crippen molar-refractivity contribution in [2.24, 2.45) is 0 Å². The molecule has 10 heteroatoms. The van der Waals surface area contributed by atoms with Gasteiger partial charge in [0.1, 0.15) is 11.5 Å². The first-order chi connectivity index (χ1) is 14.9. The second-order valence-corrected chi connectivity index (χ2v) is 8.37. The number of hydrogen-bond donors (Lipinski definition) is 3. The van der Waals surface area contributed by atoms with E-state index in [2.05, 4.69) is 31.9 Å². The lowest BCUT2D eigenvalue weighted by Gasteiger charge is -2.14. The molecule has 0 unspecified atom stereocenters. The van der Waals surface area contributed by atoms with E-state index >= 15 is 0 Å². The number of thiocarbonyl (C=S) groups is 1. The number of thiophene rings is 1. The summed E-state index contributed by atoms with van der Waals surface area (Å²) in [6, 6.07) is 13.7. The van der Waals surface area contributed by atoms with Gasteiger partial charge in [-0.1, -0.05) is 22.0 Å². The maximum absolute atomic E-state index is 12.6. The van der Waals surface area contributed by atoms with Crippen LogP contribution in [0.1, 0.15) is 20.0 Å². The average molecular weight is 520 g/mol. The van der Waals surface area contributed by atoms with Crippen molar-refractivity contribution in [1.82, 2.24) is 5.32 Å². The molecule has 1 aromatic heterocycles. The van der Waals surface area contributed by atoms with Crippen molar-refractivity contribution in [3.05, 3.63) is 68.8 Å². The van der Waals surface area contributed by atoms with Crippen LogP contribution in [0.3, 0.4) is 0 Å². The van der Waals surface area contributed by atoms with E-state index in [1.807, 2.05) is 11.4 Å². The number of halogens is 1. The summed E-state index contributed by atoms with van der Waals surface area (Å²) in [5, 5.41) is 10.3. The van der Waals surface area contributed by atoms with Crippen molar-refractivity contribution in [3.63, 3.8) is 0 Å². The number of rotatable bonds is 6. The molecule has 3 N–H and O–H groups in total. The van der Waals surface area contributed by atoms with E-state index in [-0.39, 0.29) is 11.0 Å². The maximum atomic E-state index is 12.6. The van der Waals surface area contributed by atoms with Crippen LogP contribution >= 0.6 is 39.5 Å². The summed E-state index contributed by atoms with van der Waals surface area (Å²) in [4.78, 5) is 25.5. The number of benzene rings is 2. The predicted molar refractivity (Wildman–Crippen MR) is 130 cm³/mol. The van der Waals surface area contributed by atoms with E-state index in [4.69, 9.17) is 21.7 Å². The Balaban J connectivity index is 1.68. The fourth-order valence-corrected chi connectivity index (χ4v) is 3.84. The smallest absolute Gasteiger partial charge is 0.265 e. The summed E-state index contributed by atoms with van der Waals surface area (Å²) in [5.41, 5.74) is 1.43. The molecule has 0 spiro atoms. The molecule has 1 heterocycles. The summed E-state index contributed by atoms with van der Waals surface area (Å²) >= 11 is 9.94. The number of amides is 2. The molecule has 2 amide bonds. The Morgan fingerprint density at radius 1 is 0.968 bits per heavy atom. The highest BCUT2D eigenvalue weighted by Crippen LogP contribution is 2.29. The van der Waals surface area contributed by atoms with Gasteiger partial charge in [0.15, 0.2) is 5.11 Å². The minimum absolute atomic E-state index is 0.101. The second-order valence-electron chi connectivity index (χ2n) is 6.10. The van der Waals surface area contributed by atoms with Gasteiger partial charge >= 0.3 is 0 Å². The number of carbonyl (C=O) groups excluding carboxylic acids is 2. The third-order valence-electron chi connectivity index (χ3n) is 4.09. The molecule has 0 radical (unpaired) electrons. The minimum atomic E-state index is -0.414. The third-order valence-corrected chi connectivity index (χ3v) is 5.65. The molecule has 7 nitrogen and oxygen atoms in total. The molecule has 0 bridgehead atoms. The Bertz CT molecular complexity index is 1120. The Morgan fingerprint density at radius 2 is 1.74 bits per heavy atom. The molecule has 0 saturated carbocycles. The molecule has 0 aliphatic heterocycles. The van der Waals surface area contributed by atoms with Crippen molar-refractivity contribution < 1.29 is 19.1 Å². The molecular weight excluding hydrogens is 502 g/mol. The van der Waals surface area contributed by atoms with Crippen molar-refractivity contribution in [2.45, 2.75) is 0 Å². The lowest BCUT2D eigenvalue weighted by Crippen LogP contribution is -2.34. The lowest BCUT2D eigenvalue weighted by atomic mass is 10.2. The van der Waals surface area contributed by atoms with E-state index in [1.165, 1.54) is 25.6 Å². The molecule has 160 valence electrons. The number of anilines is 2. The first kappa shape index (κ1) is 22.7. The monoisotopic (exact) mass is 519 g/mol. The zero-order chi connectivity index (χ0) is 22.4. The maximum Gasteiger partial charge on any atom is 0.265 e. The van der Waals surface area contributed by atoms with Crippen LogP contribution in [0.25, 0.3) is 0 Å². The Kier molecular flexibility index (Phi) is 7.61. The van der Waals surface area contributed by atoms with Crippen LogP contribution in [0.5, 0.6) is 11.5 Å². The molecule has 3 aromatic rings. The van der Waals surface area contributed by atoms with Gasteiger partial charge < -0.3 is 20.1 Å². The lowest BCUT2D eigenvalue weighted by molar-refractivity contribution is 0.0973. The highest BCUT2D eigenvalue weighted by Gasteiger charge is 2.15. The number of methoxy groups -OCH3 is 2. The highest BCUT2D eigenvalue weighted by molar-refractivity contribution is 9.10. The van der Waals surface area contributed by atoms with Crippen LogP contribution in [-0.2, 0) is 0 Å². The number of carbonyl (C=O) groups is 2. The van der Waals surface area contributed by atoms with E-state index in [9.17, 15) is 9.59 Å². The summed E-state index contributed by atoms with van der Waals surface area (Å²) in [5.74, 6) is 0.232. The summed E-state index contributed by atoms with van der Waals surface area (Å²) in [6.45, 7) is 0. The standard InChI is InChI=1S/C21H18BrN3O4S2/c1-28-16-8-5-12(22)10-14(16)19(26)25-21(30)23-13-6-7-15(17(11-13)29-2)24-20(27)18-4-3-9-31-18/h3-11H,1-2H3,(H,24,27)(H2,23,25,26,30). The molecule has 0 aliphatic rings. The molecule has 0 saturated heterocycles. The van der Waals surface area contributed by atoms with Crippen LogP contribution in [0.2, 0.25) is 0 Å². The fourth-order valence-electron chi connectivity index (χ4n) is 2.65. The third kappa shape index (κ3) is 5.81. The van der Waals surface area contributed by atoms with Gasteiger partial charge in [0.25, 0.3) is 11.8 Å². The summed E-state index contributed by atoms with van der Waals surface area (Å²) < 4.78 is 11.3. The van der Waals surface area contributed by atoms with Crippen LogP contribution in [0.15, 0.2) is 58.4 Å². The van der Waals surface area contributed by atoms with Crippen molar-refractivity contribution in [2.75, 3.05) is 24.9 Å². The van der Waals surface area contributed by atoms with Gasteiger partial charge in [-0.25, -0.2) is 0 Å². The van der Waals surface area contributed by atoms with E-state index in [0.29, 0.717) is 33.3 Å². The number of hydrogen-bond acceptors (Lipinski definition) is 6. The fraction of sp³-hybridized carbons (Fsp3) is 0.0952. The van der Waals surface area contributed by atoms with Crippen LogP contribution in [0.4, 0.5) is 11.4 Å². The minimum Gasteiger partial charge on any atom is -0.496 e. The van der Waals surface area contributed by atoms with Gasteiger partial charge in [-0.15, -0.1) is 11.3 Å².